The van der Waals surface area contributed by atoms with Crippen LogP contribution in [-0.4, -0.2) is 9.97 Å². The average molecular weight is 182 g/mol. The Balaban J connectivity index is 3.16. The van der Waals surface area contributed by atoms with Crippen molar-refractivity contribution in [3.63, 3.8) is 0 Å². The number of nitrogens with zero attached hydrogens (tertiary/aromatic N) is 2. The van der Waals surface area contributed by atoms with Gasteiger partial charge in [0.1, 0.15) is 5.82 Å². The zero-order valence-electron chi connectivity index (χ0n) is 8.56. The van der Waals surface area contributed by atoms with Crippen LogP contribution >= 0.6 is 0 Å². The lowest BCUT2D eigenvalue weighted by Crippen LogP contribution is -2.17. The molecule has 1 heterocycles. The van der Waals surface area contributed by atoms with E-state index in [0.717, 1.165) is 12.1 Å². The van der Waals surface area contributed by atoms with Crippen LogP contribution in [-0.2, 0) is 11.8 Å². The van der Waals surface area contributed by atoms with Crippen molar-refractivity contribution >= 4 is 0 Å². The Morgan fingerprint density at radius 2 is 1.92 bits per heavy atom. The van der Waals surface area contributed by atoms with Crippen LogP contribution in [0.1, 0.15) is 39.2 Å². The molecule has 0 aliphatic rings. The highest BCUT2D eigenvalue weighted by atomic mass is 19.1. The lowest BCUT2D eigenvalue weighted by Gasteiger charge is -2.16. The average Bonchev–Trinajstić information content (AvgIpc) is 2.01. The minimum absolute atomic E-state index is 0.188. The summed E-state index contributed by atoms with van der Waals surface area (Å²) in [4.78, 5) is 8.05. The molecule has 3 heteroatoms. The van der Waals surface area contributed by atoms with Crippen molar-refractivity contribution in [1.82, 2.24) is 9.97 Å². The van der Waals surface area contributed by atoms with Crippen molar-refractivity contribution in [1.29, 1.82) is 0 Å². The summed E-state index contributed by atoms with van der Waals surface area (Å²) in [5, 5.41) is 0. The smallest absolute Gasteiger partial charge is 0.216 e. The Bertz CT molecular complexity index is 302. The van der Waals surface area contributed by atoms with Gasteiger partial charge in [-0.25, -0.2) is 9.97 Å². The molecule has 0 fully saturated rings. The maximum atomic E-state index is 13.0. The number of halogens is 1. The van der Waals surface area contributed by atoms with Crippen LogP contribution in [0.5, 0.6) is 0 Å². The molecular weight excluding hydrogens is 167 g/mol. The van der Waals surface area contributed by atoms with Gasteiger partial charge in [0.2, 0.25) is 5.95 Å². The zero-order chi connectivity index (χ0) is 10.1. The molecule has 0 saturated carbocycles. The number of aryl methyl sites for hydroxylation is 1. The van der Waals surface area contributed by atoms with Gasteiger partial charge >= 0.3 is 0 Å². The number of rotatable bonds is 1. The molecule has 0 radical (unpaired) electrons. The van der Waals surface area contributed by atoms with E-state index in [9.17, 15) is 4.39 Å². The van der Waals surface area contributed by atoms with Crippen molar-refractivity contribution in [2.24, 2.45) is 0 Å². The lowest BCUT2D eigenvalue weighted by molar-refractivity contribution is 0.498. The van der Waals surface area contributed by atoms with Crippen LogP contribution in [0.25, 0.3) is 0 Å². The summed E-state index contributed by atoms with van der Waals surface area (Å²) in [6, 6.07) is 1.38. The predicted molar refractivity (Wildman–Crippen MR) is 50.1 cm³/mol. The van der Waals surface area contributed by atoms with Crippen molar-refractivity contribution < 1.29 is 4.39 Å². The SMILES string of the molecule is CCc1cc(F)nc(C(C)(C)C)n1. The molecule has 0 spiro atoms. The second kappa shape index (κ2) is 3.40. The second-order valence-corrected chi connectivity index (χ2v) is 4.11. The van der Waals surface area contributed by atoms with Gasteiger partial charge in [0, 0.05) is 17.2 Å². The largest absolute Gasteiger partial charge is 0.237 e. The fourth-order valence-electron chi connectivity index (χ4n) is 0.981. The Labute approximate surface area is 78.2 Å². The quantitative estimate of drug-likeness (QED) is 0.623. The van der Waals surface area contributed by atoms with Gasteiger partial charge in [0.25, 0.3) is 0 Å². The summed E-state index contributed by atoms with van der Waals surface area (Å²) in [5.74, 6) is 0.140. The third kappa shape index (κ3) is 2.47. The summed E-state index contributed by atoms with van der Waals surface area (Å²) in [7, 11) is 0. The van der Waals surface area contributed by atoms with E-state index in [0.29, 0.717) is 5.82 Å². The fourth-order valence-corrected chi connectivity index (χ4v) is 0.981. The standard InChI is InChI=1S/C10H15FN2/c1-5-7-6-8(11)13-9(12-7)10(2,3)4/h6H,5H2,1-4H3. The normalized spacial score (nSPS) is 11.8. The Morgan fingerprint density at radius 1 is 1.31 bits per heavy atom. The third-order valence-corrected chi connectivity index (χ3v) is 1.78. The van der Waals surface area contributed by atoms with Gasteiger partial charge in [0.15, 0.2) is 0 Å². The number of hydrogen-bond donors (Lipinski definition) is 0. The van der Waals surface area contributed by atoms with E-state index in [4.69, 9.17) is 0 Å². The van der Waals surface area contributed by atoms with Crippen molar-refractivity contribution in [2.75, 3.05) is 0 Å². The Morgan fingerprint density at radius 3 is 2.38 bits per heavy atom. The molecule has 0 amide bonds. The molecule has 1 rings (SSSR count). The van der Waals surface area contributed by atoms with E-state index in [1.165, 1.54) is 6.07 Å². The highest BCUT2D eigenvalue weighted by molar-refractivity contribution is 5.09. The molecule has 72 valence electrons. The van der Waals surface area contributed by atoms with Gasteiger partial charge in [-0.2, -0.15) is 4.39 Å². The van der Waals surface area contributed by atoms with Crippen LogP contribution in [0.3, 0.4) is 0 Å². The first kappa shape index (κ1) is 10.1. The third-order valence-electron chi connectivity index (χ3n) is 1.78. The Hall–Kier alpha value is -0.990. The zero-order valence-corrected chi connectivity index (χ0v) is 8.56. The van der Waals surface area contributed by atoms with E-state index in [1.807, 2.05) is 27.7 Å². The van der Waals surface area contributed by atoms with Crippen LogP contribution < -0.4 is 0 Å². The van der Waals surface area contributed by atoms with E-state index in [1.54, 1.807) is 0 Å². The molecular formula is C10H15FN2. The first-order chi connectivity index (χ1) is 5.93. The molecule has 0 aromatic carbocycles. The van der Waals surface area contributed by atoms with E-state index < -0.39 is 5.95 Å². The topological polar surface area (TPSA) is 25.8 Å². The van der Waals surface area contributed by atoms with Gasteiger partial charge < -0.3 is 0 Å². The maximum absolute atomic E-state index is 13.0. The highest BCUT2D eigenvalue weighted by Gasteiger charge is 2.18. The maximum Gasteiger partial charge on any atom is 0.216 e. The monoisotopic (exact) mass is 182 g/mol. The molecule has 0 aliphatic carbocycles. The van der Waals surface area contributed by atoms with Gasteiger partial charge in [-0.05, 0) is 6.42 Å². The summed E-state index contributed by atoms with van der Waals surface area (Å²) in [5.41, 5.74) is 0.573. The number of aromatic nitrogens is 2. The van der Waals surface area contributed by atoms with E-state index >= 15 is 0 Å². The second-order valence-electron chi connectivity index (χ2n) is 4.11. The molecule has 1 aromatic rings. The van der Waals surface area contributed by atoms with Crippen LogP contribution in [0.2, 0.25) is 0 Å². The molecule has 0 bridgehead atoms. The van der Waals surface area contributed by atoms with Crippen molar-refractivity contribution in [3.8, 4) is 0 Å². The van der Waals surface area contributed by atoms with Crippen LogP contribution in [0.4, 0.5) is 4.39 Å². The molecule has 0 N–H and O–H groups in total. The number of hydrogen-bond acceptors (Lipinski definition) is 2. The van der Waals surface area contributed by atoms with Crippen molar-refractivity contribution in [2.45, 2.75) is 39.5 Å². The highest BCUT2D eigenvalue weighted by Crippen LogP contribution is 2.18. The molecule has 0 saturated heterocycles. The Kier molecular flexibility index (Phi) is 2.64. The first-order valence-electron chi connectivity index (χ1n) is 4.47. The molecule has 13 heavy (non-hydrogen) atoms. The lowest BCUT2D eigenvalue weighted by atomic mass is 9.95. The van der Waals surface area contributed by atoms with Gasteiger partial charge in [-0.3, -0.25) is 0 Å². The van der Waals surface area contributed by atoms with E-state index in [2.05, 4.69) is 9.97 Å². The fraction of sp³-hybridized carbons (Fsp3) is 0.600. The van der Waals surface area contributed by atoms with Crippen LogP contribution in [0.15, 0.2) is 6.07 Å². The minimum Gasteiger partial charge on any atom is -0.237 e. The van der Waals surface area contributed by atoms with Gasteiger partial charge in [-0.15, -0.1) is 0 Å². The molecule has 2 nitrogen and oxygen atoms in total. The molecule has 0 aliphatic heterocycles. The molecule has 0 atom stereocenters. The predicted octanol–water partition coefficient (Wildman–Crippen LogP) is 2.48. The van der Waals surface area contributed by atoms with Crippen molar-refractivity contribution in [3.05, 3.63) is 23.5 Å². The minimum atomic E-state index is -0.434. The van der Waals surface area contributed by atoms with E-state index in [-0.39, 0.29) is 5.41 Å². The summed E-state index contributed by atoms with van der Waals surface area (Å²) < 4.78 is 13.0. The van der Waals surface area contributed by atoms with Gasteiger partial charge in [-0.1, -0.05) is 27.7 Å². The summed E-state index contributed by atoms with van der Waals surface area (Å²) >= 11 is 0. The van der Waals surface area contributed by atoms with Crippen LogP contribution in [0, 0.1) is 5.95 Å². The summed E-state index contributed by atoms with van der Waals surface area (Å²) in [6.45, 7) is 7.87. The first-order valence-corrected chi connectivity index (χ1v) is 4.47. The molecule has 1 aromatic heterocycles. The van der Waals surface area contributed by atoms with Gasteiger partial charge in [0.05, 0.1) is 0 Å². The molecule has 0 unspecified atom stereocenters. The summed E-state index contributed by atoms with van der Waals surface area (Å²) in [6.07, 6.45) is 0.739.